The molecule has 2 aromatic rings. The van der Waals surface area contributed by atoms with Crippen molar-refractivity contribution < 1.29 is 18.0 Å². The SMILES string of the molecule is CC1C(N)=C(N(N)c2ccn(C(C)C)n2)CCN1C(=O)c1cccc(C(F)(F)F)c1Cl. The first kappa shape index (κ1) is 23.0. The molecule has 31 heavy (non-hydrogen) atoms. The molecule has 11 heteroatoms. The van der Waals surface area contributed by atoms with Gasteiger partial charge in [0.1, 0.15) is 0 Å². The summed E-state index contributed by atoms with van der Waals surface area (Å²) in [4.78, 5) is 14.4. The number of anilines is 1. The highest BCUT2D eigenvalue weighted by Gasteiger charge is 2.37. The highest BCUT2D eigenvalue weighted by Crippen LogP contribution is 2.37. The van der Waals surface area contributed by atoms with E-state index in [2.05, 4.69) is 5.10 Å². The van der Waals surface area contributed by atoms with Crippen molar-refractivity contribution in [2.75, 3.05) is 11.6 Å². The van der Waals surface area contributed by atoms with Crippen LogP contribution in [-0.4, -0.2) is 33.2 Å². The van der Waals surface area contributed by atoms with E-state index in [0.717, 1.165) is 12.1 Å². The summed E-state index contributed by atoms with van der Waals surface area (Å²) in [6.07, 6.45) is -2.55. The van der Waals surface area contributed by atoms with Gasteiger partial charge in [-0.05, 0) is 32.9 Å². The lowest BCUT2D eigenvalue weighted by molar-refractivity contribution is -0.137. The molecule has 1 amide bonds. The molecule has 4 N–H and O–H groups in total. The average Bonchev–Trinajstić information content (AvgIpc) is 3.19. The number of amides is 1. The van der Waals surface area contributed by atoms with E-state index < -0.39 is 28.7 Å². The number of hydrogen-bond acceptors (Lipinski definition) is 5. The summed E-state index contributed by atoms with van der Waals surface area (Å²) in [6, 6.07) is 4.59. The standard InChI is InChI=1S/C20H24ClF3N6O/c1-11(2)29-10-8-16(27-29)30(26)15-7-9-28(12(3)18(15)25)19(31)13-5-4-6-14(17(13)21)20(22,23)24/h4-6,8,10-12H,7,9,25-26H2,1-3H3. The third-order valence-electron chi connectivity index (χ3n) is 5.30. The van der Waals surface area contributed by atoms with E-state index in [1.54, 1.807) is 23.9 Å². The molecule has 0 saturated heterocycles. The quantitative estimate of drug-likeness (QED) is 0.537. The second kappa shape index (κ2) is 8.43. The van der Waals surface area contributed by atoms with Crippen molar-refractivity contribution in [3.63, 3.8) is 0 Å². The highest BCUT2D eigenvalue weighted by atomic mass is 35.5. The normalized spacial score (nSPS) is 17.5. The molecule has 0 spiro atoms. The molecular formula is C20H24ClF3N6O. The van der Waals surface area contributed by atoms with Crippen molar-refractivity contribution in [1.82, 2.24) is 14.7 Å². The van der Waals surface area contributed by atoms with Crippen LogP contribution >= 0.6 is 11.6 Å². The predicted octanol–water partition coefficient (Wildman–Crippen LogP) is 3.92. The first-order valence-electron chi connectivity index (χ1n) is 9.68. The van der Waals surface area contributed by atoms with Gasteiger partial charge in [0.15, 0.2) is 5.82 Å². The van der Waals surface area contributed by atoms with Crippen molar-refractivity contribution in [1.29, 1.82) is 0 Å². The molecule has 1 aromatic carbocycles. The number of carbonyl (C=O) groups is 1. The number of halogens is 4. The van der Waals surface area contributed by atoms with Gasteiger partial charge in [0.25, 0.3) is 5.91 Å². The second-order valence-corrected chi connectivity index (χ2v) is 7.99. The van der Waals surface area contributed by atoms with Crippen molar-refractivity contribution in [3.8, 4) is 0 Å². The van der Waals surface area contributed by atoms with Gasteiger partial charge >= 0.3 is 6.18 Å². The molecule has 1 aliphatic heterocycles. The Morgan fingerprint density at radius 1 is 1.32 bits per heavy atom. The zero-order chi connectivity index (χ0) is 23.1. The van der Waals surface area contributed by atoms with Gasteiger partial charge in [-0.25, -0.2) is 5.84 Å². The Labute approximate surface area is 183 Å². The lowest BCUT2D eigenvalue weighted by Crippen LogP contribution is -2.49. The van der Waals surface area contributed by atoms with Gasteiger partial charge < -0.3 is 10.6 Å². The molecule has 1 atom stereocenters. The van der Waals surface area contributed by atoms with Crippen LogP contribution in [0.15, 0.2) is 41.9 Å². The summed E-state index contributed by atoms with van der Waals surface area (Å²) in [5.74, 6) is 6.10. The number of nitrogens with two attached hydrogens (primary N) is 2. The maximum atomic E-state index is 13.2. The fraction of sp³-hybridized carbons (Fsp3) is 0.400. The number of benzene rings is 1. The molecule has 7 nitrogen and oxygen atoms in total. The molecule has 0 saturated carbocycles. The van der Waals surface area contributed by atoms with E-state index >= 15 is 0 Å². The molecule has 3 rings (SSSR count). The van der Waals surface area contributed by atoms with Crippen LogP contribution in [0.3, 0.4) is 0 Å². The van der Waals surface area contributed by atoms with Crippen molar-refractivity contribution in [2.45, 2.75) is 45.5 Å². The molecule has 1 aliphatic rings. The molecule has 0 fully saturated rings. The molecule has 2 heterocycles. The smallest absolute Gasteiger partial charge is 0.399 e. The minimum Gasteiger partial charge on any atom is -0.399 e. The molecule has 0 aliphatic carbocycles. The zero-order valence-electron chi connectivity index (χ0n) is 17.3. The molecular weight excluding hydrogens is 433 g/mol. The summed E-state index contributed by atoms with van der Waals surface area (Å²) in [5.41, 5.74) is 5.95. The summed E-state index contributed by atoms with van der Waals surface area (Å²) < 4.78 is 41.2. The minimum absolute atomic E-state index is 0.157. The van der Waals surface area contributed by atoms with Crippen LogP contribution in [0.5, 0.6) is 0 Å². The third-order valence-corrected chi connectivity index (χ3v) is 5.70. The van der Waals surface area contributed by atoms with Gasteiger partial charge in [-0.15, -0.1) is 0 Å². The Kier molecular flexibility index (Phi) is 6.24. The average molecular weight is 457 g/mol. The first-order valence-corrected chi connectivity index (χ1v) is 10.1. The Morgan fingerprint density at radius 3 is 2.58 bits per heavy atom. The maximum absolute atomic E-state index is 13.2. The van der Waals surface area contributed by atoms with E-state index in [0.29, 0.717) is 23.6 Å². The number of nitrogens with zero attached hydrogens (tertiary/aromatic N) is 4. The van der Waals surface area contributed by atoms with Gasteiger partial charge in [0.2, 0.25) is 0 Å². The van der Waals surface area contributed by atoms with Gasteiger partial charge in [-0.1, -0.05) is 17.7 Å². The van der Waals surface area contributed by atoms with Crippen LogP contribution in [-0.2, 0) is 6.18 Å². The second-order valence-electron chi connectivity index (χ2n) is 7.61. The number of carbonyl (C=O) groups excluding carboxylic acids is 1. The van der Waals surface area contributed by atoms with Crippen LogP contribution in [0.4, 0.5) is 19.0 Å². The maximum Gasteiger partial charge on any atom is 0.417 e. The number of aromatic nitrogens is 2. The lowest BCUT2D eigenvalue weighted by atomic mass is 10.0. The van der Waals surface area contributed by atoms with Gasteiger partial charge in [0, 0.05) is 31.3 Å². The molecule has 0 bridgehead atoms. The van der Waals surface area contributed by atoms with Crippen LogP contribution in [0, 0.1) is 0 Å². The van der Waals surface area contributed by atoms with Crippen molar-refractivity contribution in [3.05, 3.63) is 58.0 Å². The Bertz CT molecular complexity index is 1020. The predicted molar refractivity (Wildman–Crippen MR) is 112 cm³/mol. The van der Waals surface area contributed by atoms with E-state index in [9.17, 15) is 18.0 Å². The van der Waals surface area contributed by atoms with Gasteiger partial charge in [0.05, 0.1) is 33.6 Å². The molecule has 1 aromatic heterocycles. The van der Waals surface area contributed by atoms with E-state index in [4.69, 9.17) is 23.2 Å². The van der Waals surface area contributed by atoms with Crippen molar-refractivity contribution in [2.24, 2.45) is 11.6 Å². The monoisotopic (exact) mass is 456 g/mol. The van der Waals surface area contributed by atoms with Gasteiger partial charge in [-0.2, -0.15) is 18.3 Å². The Balaban J connectivity index is 1.87. The molecule has 0 radical (unpaired) electrons. The fourth-order valence-corrected chi connectivity index (χ4v) is 3.78. The number of alkyl halides is 3. The number of rotatable bonds is 4. The largest absolute Gasteiger partial charge is 0.417 e. The zero-order valence-corrected chi connectivity index (χ0v) is 18.1. The van der Waals surface area contributed by atoms with Crippen LogP contribution in [0.25, 0.3) is 0 Å². The topological polar surface area (TPSA) is 93.4 Å². The fourth-order valence-electron chi connectivity index (χ4n) is 3.46. The minimum atomic E-state index is -4.66. The van der Waals surface area contributed by atoms with Crippen LogP contribution in [0.2, 0.25) is 5.02 Å². The van der Waals surface area contributed by atoms with E-state index in [-0.39, 0.29) is 18.2 Å². The summed E-state index contributed by atoms with van der Waals surface area (Å²) in [7, 11) is 0. The van der Waals surface area contributed by atoms with Crippen LogP contribution < -0.4 is 16.6 Å². The summed E-state index contributed by atoms with van der Waals surface area (Å²) in [5, 5.41) is 5.17. The lowest BCUT2D eigenvalue weighted by Gasteiger charge is -2.37. The van der Waals surface area contributed by atoms with Crippen LogP contribution in [0.1, 0.15) is 49.2 Å². The van der Waals surface area contributed by atoms with E-state index in [1.807, 2.05) is 13.8 Å². The number of hydrazine groups is 1. The molecule has 1 unspecified atom stereocenters. The number of hydrogen-bond donors (Lipinski definition) is 2. The first-order chi connectivity index (χ1) is 14.4. The van der Waals surface area contributed by atoms with E-state index in [1.165, 1.54) is 16.0 Å². The summed E-state index contributed by atoms with van der Waals surface area (Å²) in [6.45, 7) is 5.86. The van der Waals surface area contributed by atoms with Crippen molar-refractivity contribution >= 4 is 23.3 Å². The van der Waals surface area contributed by atoms with Gasteiger partial charge in [-0.3, -0.25) is 14.5 Å². The Hall–Kier alpha value is -2.72. The molecule has 168 valence electrons. The Morgan fingerprint density at radius 2 is 2.00 bits per heavy atom. The third kappa shape index (κ3) is 4.35. The highest BCUT2D eigenvalue weighted by molar-refractivity contribution is 6.34. The summed E-state index contributed by atoms with van der Waals surface area (Å²) >= 11 is 5.93.